The minimum Gasteiger partial charge on any atom is -0.281 e. The second-order valence-corrected chi connectivity index (χ2v) is 4.12. The molecule has 14 heavy (non-hydrogen) atoms. The molecule has 0 bridgehead atoms. The molecule has 0 aliphatic carbocycles. The Kier molecular flexibility index (Phi) is 2.42. The van der Waals surface area contributed by atoms with Crippen molar-refractivity contribution in [1.29, 1.82) is 0 Å². The van der Waals surface area contributed by atoms with E-state index in [4.69, 9.17) is 0 Å². The number of aromatic amines is 1. The smallest absolute Gasteiger partial charge is 0.107 e. The van der Waals surface area contributed by atoms with Gasteiger partial charge < -0.3 is 0 Å². The first-order valence-electron chi connectivity index (χ1n) is 4.46. The van der Waals surface area contributed by atoms with Gasteiger partial charge in [0.1, 0.15) is 5.69 Å². The van der Waals surface area contributed by atoms with Gasteiger partial charge in [-0.1, -0.05) is 24.3 Å². The zero-order valence-electron chi connectivity index (χ0n) is 8.13. The van der Waals surface area contributed by atoms with Gasteiger partial charge in [0.15, 0.2) is 0 Å². The van der Waals surface area contributed by atoms with Crippen LogP contribution in [0.1, 0.15) is 11.3 Å². The van der Waals surface area contributed by atoms with Crippen molar-refractivity contribution in [1.82, 2.24) is 10.2 Å². The summed E-state index contributed by atoms with van der Waals surface area (Å²) in [7, 11) is 0. The van der Waals surface area contributed by atoms with Crippen molar-refractivity contribution in [2.45, 2.75) is 13.8 Å². The molecule has 0 unspecified atom stereocenters. The Morgan fingerprint density at radius 1 is 1.21 bits per heavy atom. The van der Waals surface area contributed by atoms with Crippen LogP contribution >= 0.6 is 15.9 Å². The number of nitrogens with one attached hydrogen (secondary N) is 1. The predicted octanol–water partition coefficient (Wildman–Crippen LogP) is 3.46. The van der Waals surface area contributed by atoms with Crippen molar-refractivity contribution in [2.75, 3.05) is 0 Å². The molecule has 2 nitrogen and oxygen atoms in total. The highest BCUT2D eigenvalue weighted by atomic mass is 79.9. The summed E-state index contributed by atoms with van der Waals surface area (Å²) in [6.45, 7) is 4.09. The van der Waals surface area contributed by atoms with Crippen LogP contribution in [0, 0.1) is 13.8 Å². The summed E-state index contributed by atoms with van der Waals surface area (Å²) in [5.41, 5.74) is 4.45. The third-order valence-electron chi connectivity index (χ3n) is 2.27. The number of rotatable bonds is 1. The molecule has 1 aromatic heterocycles. The number of aryl methyl sites for hydroxylation is 2. The molecule has 0 aliphatic rings. The van der Waals surface area contributed by atoms with Crippen LogP contribution in [-0.4, -0.2) is 10.2 Å². The van der Waals surface area contributed by atoms with E-state index in [1.807, 2.05) is 19.1 Å². The standard InChI is InChI=1S/C11H11BrN2/c1-7-5-3-4-6-9(7)11-10(12)8(2)13-14-11/h3-6H,1-2H3,(H,13,14). The van der Waals surface area contributed by atoms with Crippen molar-refractivity contribution in [3.8, 4) is 11.3 Å². The minimum absolute atomic E-state index is 0.987. The summed E-state index contributed by atoms with van der Waals surface area (Å²) in [5.74, 6) is 0. The zero-order valence-corrected chi connectivity index (χ0v) is 9.72. The first-order chi connectivity index (χ1) is 6.70. The maximum absolute atomic E-state index is 4.27. The molecular formula is C11H11BrN2. The van der Waals surface area contributed by atoms with Crippen molar-refractivity contribution < 1.29 is 0 Å². The molecular weight excluding hydrogens is 240 g/mol. The van der Waals surface area contributed by atoms with E-state index in [9.17, 15) is 0 Å². The van der Waals surface area contributed by atoms with Crippen LogP contribution in [0.5, 0.6) is 0 Å². The fraction of sp³-hybridized carbons (Fsp3) is 0.182. The van der Waals surface area contributed by atoms with E-state index >= 15 is 0 Å². The second-order valence-electron chi connectivity index (χ2n) is 3.33. The molecule has 1 heterocycles. The summed E-state index contributed by atoms with van der Waals surface area (Å²) in [6, 6.07) is 8.23. The second kappa shape index (κ2) is 3.58. The third kappa shape index (κ3) is 1.48. The quantitative estimate of drug-likeness (QED) is 0.826. The number of hydrogen-bond donors (Lipinski definition) is 1. The van der Waals surface area contributed by atoms with E-state index in [0.717, 1.165) is 15.9 Å². The molecule has 0 aliphatic heterocycles. The van der Waals surface area contributed by atoms with Crippen molar-refractivity contribution in [3.05, 3.63) is 40.0 Å². The van der Waals surface area contributed by atoms with Gasteiger partial charge in [-0.2, -0.15) is 5.10 Å². The van der Waals surface area contributed by atoms with Gasteiger partial charge in [0.05, 0.1) is 4.47 Å². The van der Waals surface area contributed by atoms with Gasteiger partial charge in [0.2, 0.25) is 0 Å². The van der Waals surface area contributed by atoms with E-state index in [1.165, 1.54) is 11.1 Å². The van der Waals surface area contributed by atoms with Gasteiger partial charge in [-0.3, -0.25) is 5.10 Å². The van der Waals surface area contributed by atoms with Crippen molar-refractivity contribution >= 4 is 15.9 Å². The number of H-pyrrole nitrogens is 1. The lowest BCUT2D eigenvalue weighted by atomic mass is 10.1. The molecule has 1 aromatic carbocycles. The lowest BCUT2D eigenvalue weighted by molar-refractivity contribution is 1.05. The first kappa shape index (κ1) is 9.46. The van der Waals surface area contributed by atoms with Crippen LogP contribution < -0.4 is 0 Å². The molecule has 0 spiro atoms. The largest absolute Gasteiger partial charge is 0.281 e. The molecule has 0 radical (unpaired) electrons. The fourth-order valence-corrected chi connectivity index (χ4v) is 1.82. The summed E-state index contributed by atoms with van der Waals surface area (Å²) in [4.78, 5) is 0. The van der Waals surface area contributed by atoms with Gasteiger partial charge in [0, 0.05) is 11.3 Å². The highest BCUT2D eigenvalue weighted by molar-refractivity contribution is 9.10. The Balaban J connectivity index is 2.60. The van der Waals surface area contributed by atoms with E-state index in [1.54, 1.807) is 0 Å². The molecule has 0 atom stereocenters. The highest BCUT2D eigenvalue weighted by Crippen LogP contribution is 2.30. The maximum Gasteiger partial charge on any atom is 0.107 e. The third-order valence-corrected chi connectivity index (χ3v) is 3.24. The monoisotopic (exact) mass is 250 g/mol. The summed E-state index contributed by atoms with van der Waals surface area (Å²) < 4.78 is 1.05. The number of aromatic nitrogens is 2. The maximum atomic E-state index is 4.27. The first-order valence-corrected chi connectivity index (χ1v) is 5.26. The molecule has 3 heteroatoms. The molecule has 0 saturated carbocycles. The van der Waals surface area contributed by atoms with Crippen LogP contribution in [0.25, 0.3) is 11.3 Å². The van der Waals surface area contributed by atoms with Gasteiger partial charge in [0.25, 0.3) is 0 Å². The summed E-state index contributed by atoms with van der Waals surface area (Å²) in [5, 5.41) is 7.24. The molecule has 72 valence electrons. The van der Waals surface area contributed by atoms with Crippen LogP contribution in [0.3, 0.4) is 0 Å². The van der Waals surface area contributed by atoms with Gasteiger partial charge in [-0.15, -0.1) is 0 Å². The number of benzene rings is 1. The summed E-state index contributed by atoms with van der Waals surface area (Å²) >= 11 is 3.53. The lowest BCUT2D eigenvalue weighted by Crippen LogP contribution is -1.83. The summed E-state index contributed by atoms with van der Waals surface area (Å²) in [6.07, 6.45) is 0. The SMILES string of the molecule is Cc1ccccc1-c1n[nH]c(C)c1Br. The Morgan fingerprint density at radius 3 is 2.50 bits per heavy atom. The highest BCUT2D eigenvalue weighted by Gasteiger charge is 2.10. The predicted molar refractivity (Wildman–Crippen MR) is 61.2 cm³/mol. The topological polar surface area (TPSA) is 28.7 Å². The molecule has 0 amide bonds. The zero-order chi connectivity index (χ0) is 10.1. The Hall–Kier alpha value is -1.09. The van der Waals surface area contributed by atoms with Gasteiger partial charge >= 0.3 is 0 Å². The van der Waals surface area contributed by atoms with Crippen molar-refractivity contribution in [2.24, 2.45) is 0 Å². The van der Waals surface area contributed by atoms with E-state index in [-0.39, 0.29) is 0 Å². The van der Waals surface area contributed by atoms with Gasteiger partial charge in [-0.05, 0) is 35.3 Å². The number of hydrogen-bond acceptors (Lipinski definition) is 1. The Morgan fingerprint density at radius 2 is 1.93 bits per heavy atom. The molecule has 2 rings (SSSR count). The van der Waals surface area contributed by atoms with Crippen LogP contribution in [-0.2, 0) is 0 Å². The molecule has 2 aromatic rings. The Labute approximate surface area is 91.5 Å². The number of halogens is 1. The fourth-order valence-electron chi connectivity index (χ4n) is 1.43. The van der Waals surface area contributed by atoms with Gasteiger partial charge in [-0.25, -0.2) is 0 Å². The molecule has 1 N–H and O–H groups in total. The molecule has 0 fully saturated rings. The lowest BCUT2D eigenvalue weighted by Gasteiger charge is -2.01. The number of nitrogens with zero attached hydrogens (tertiary/aromatic N) is 1. The average Bonchev–Trinajstić information content (AvgIpc) is 2.49. The minimum atomic E-state index is 0.987. The van der Waals surface area contributed by atoms with Crippen LogP contribution in [0.4, 0.5) is 0 Å². The van der Waals surface area contributed by atoms with E-state index in [2.05, 4.69) is 45.2 Å². The van der Waals surface area contributed by atoms with E-state index < -0.39 is 0 Å². The van der Waals surface area contributed by atoms with Crippen LogP contribution in [0.15, 0.2) is 28.7 Å². The average molecular weight is 251 g/mol. The van der Waals surface area contributed by atoms with Crippen LogP contribution in [0.2, 0.25) is 0 Å². The molecule has 0 saturated heterocycles. The Bertz CT molecular complexity index is 460. The van der Waals surface area contributed by atoms with Crippen molar-refractivity contribution in [3.63, 3.8) is 0 Å². The normalized spacial score (nSPS) is 10.5. The van der Waals surface area contributed by atoms with E-state index in [0.29, 0.717) is 0 Å².